The van der Waals surface area contributed by atoms with Crippen LogP contribution in [0.5, 0.6) is 0 Å². The van der Waals surface area contributed by atoms with E-state index in [1.165, 1.54) is 6.07 Å². The second-order valence-electron chi connectivity index (χ2n) is 4.68. The van der Waals surface area contributed by atoms with Gasteiger partial charge in [0.2, 0.25) is 5.91 Å². The minimum atomic E-state index is -0.501. The number of rotatable bonds is 5. The van der Waals surface area contributed by atoms with Crippen LogP contribution in [0, 0.1) is 6.92 Å². The molecular weight excluding hydrogens is 270 g/mol. The lowest BCUT2D eigenvalue weighted by Gasteiger charge is -2.16. The molecule has 0 bridgehead atoms. The van der Waals surface area contributed by atoms with Crippen LogP contribution in [0.1, 0.15) is 17.3 Å². The van der Waals surface area contributed by atoms with Crippen molar-refractivity contribution in [2.24, 2.45) is 0 Å². The first kappa shape index (κ1) is 14.9. The normalized spacial score (nSPS) is 11.9. The smallest absolute Gasteiger partial charge is 0.267 e. The number of hydrogen-bond acceptors (Lipinski definition) is 4. The lowest BCUT2D eigenvalue weighted by atomic mass is 10.1. The van der Waals surface area contributed by atoms with E-state index in [0.717, 1.165) is 10.2 Å². The van der Waals surface area contributed by atoms with Gasteiger partial charge in [0.05, 0.1) is 18.3 Å². The molecule has 1 atom stereocenters. The Balaban J connectivity index is 2.07. The van der Waals surface area contributed by atoms with Gasteiger partial charge in [-0.25, -0.2) is 4.68 Å². The standard InChI is InChI=1S/C15H17N3O3/c1-11-7-8-15(21)18(17-11)9-14(20)16-13(10-19)12-5-3-2-4-6-12/h2-8,13,19H,9-10H2,1H3,(H,16,20)/t13-/m1/s1. The molecule has 0 aliphatic rings. The summed E-state index contributed by atoms with van der Waals surface area (Å²) < 4.78 is 1.10. The highest BCUT2D eigenvalue weighted by molar-refractivity contribution is 5.76. The van der Waals surface area contributed by atoms with Crippen molar-refractivity contribution in [2.75, 3.05) is 6.61 Å². The van der Waals surface area contributed by atoms with Gasteiger partial charge in [0.25, 0.3) is 5.56 Å². The fourth-order valence-electron chi connectivity index (χ4n) is 1.96. The molecule has 6 heteroatoms. The van der Waals surface area contributed by atoms with Crippen LogP contribution in [0.2, 0.25) is 0 Å². The molecule has 0 spiro atoms. The maximum absolute atomic E-state index is 12.0. The third kappa shape index (κ3) is 4.00. The largest absolute Gasteiger partial charge is 0.394 e. The Morgan fingerprint density at radius 2 is 2.00 bits per heavy atom. The molecule has 0 aliphatic carbocycles. The second kappa shape index (κ2) is 6.81. The molecule has 2 aromatic rings. The predicted molar refractivity (Wildman–Crippen MR) is 77.6 cm³/mol. The summed E-state index contributed by atoms with van der Waals surface area (Å²) in [4.78, 5) is 23.6. The van der Waals surface area contributed by atoms with Crippen LogP contribution in [0.15, 0.2) is 47.3 Å². The number of aliphatic hydroxyl groups excluding tert-OH is 1. The maximum atomic E-state index is 12.0. The molecule has 0 unspecified atom stereocenters. The first-order valence-electron chi connectivity index (χ1n) is 6.60. The first-order valence-corrected chi connectivity index (χ1v) is 6.60. The quantitative estimate of drug-likeness (QED) is 0.834. The van der Waals surface area contributed by atoms with Crippen LogP contribution in [-0.4, -0.2) is 27.4 Å². The van der Waals surface area contributed by atoms with Crippen molar-refractivity contribution in [2.45, 2.75) is 19.5 Å². The van der Waals surface area contributed by atoms with Crippen LogP contribution < -0.4 is 10.9 Å². The summed E-state index contributed by atoms with van der Waals surface area (Å²) in [6.45, 7) is 1.35. The van der Waals surface area contributed by atoms with E-state index in [2.05, 4.69) is 10.4 Å². The average Bonchev–Trinajstić information content (AvgIpc) is 2.49. The predicted octanol–water partition coefficient (Wildman–Crippen LogP) is 0.402. The van der Waals surface area contributed by atoms with Gasteiger partial charge in [0, 0.05) is 6.07 Å². The Morgan fingerprint density at radius 1 is 1.29 bits per heavy atom. The number of aliphatic hydroxyl groups is 1. The van der Waals surface area contributed by atoms with E-state index in [1.54, 1.807) is 13.0 Å². The van der Waals surface area contributed by atoms with E-state index in [1.807, 2.05) is 30.3 Å². The Labute approximate surface area is 122 Å². The van der Waals surface area contributed by atoms with E-state index in [4.69, 9.17) is 0 Å². The van der Waals surface area contributed by atoms with E-state index in [-0.39, 0.29) is 24.6 Å². The molecule has 0 aliphatic heterocycles. The lowest BCUT2D eigenvalue weighted by Crippen LogP contribution is -2.36. The minimum Gasteiger partial charge on any atom is -0.394 e. The number of nitrogens with zero attached hydrogens (tertiary/aromatic N) is 2. The van der Waals surface area contributed by atoms with Gasteiger partial charge in [-0.15, -0.1) is 0 Å². The number of carbonyl (C=O) groups excluding carboxylic acids is 1. The van der Waals surface area contributed by atoms with Crippen molar-refractivity contribution >= 4 is 5.91 Å². The van der Waals surface area contributed by atoms with Gasteiger partial charge in [-0.3, -0.25) is 9.59 Å². The highest BCUT2D eigenvalue weighted by atomic mass is 16.3. The molecule has 1 amide bonds. The summed E-state index contributed by atoms with van der Waals surface area (Å²) in [5.41, 5.74) is 1.12. The summed E-state index contributed by atoms with van der Waals surface area (Å²) in [5.74, 6) is -0.377. The molecule has 1 aromatic carbocycles. The van der Waals surface area contributed by atoms with Crippen molar-refractivity contribution in [3.8, 4) is 0 Å². The molecule has 0 saturated carbocycles. The van der Waals surface area contributed by atoms with E-state index < -0.39 is 6.04 Å². The summed E-state index contributed by atoms with van der Waals surface area (Å²) in [6.07, 6.45) is 0. The summed E-state index contributed by atoms with van der Waals surface area (Å²) in [7, 11) is 0. The molecule has 110 valence electrons. The fraction of sp³-hybridized carbons (Fsp3) is 0.267. The zero-order chi connectivity index (χ0) is 15.2. The Bertz CT molecular complexity index is 667. The van der Waals surface area contributed by atoms with E-state index in [0.29, 0.717) is 5.69 Å². The molecule has 6 nitrogen and oxygen atoms in total. The Hall–Kier alpha value is -2.47. The fourth-order valence-corrected chi connectivity index (χ4v) is 1.96. The molecule has 0 fully saturated rings. The lowest BCUT2D eigenvalue weighted by molar-refractivity contribution is -0.123. The maximum Gasteiger partial charge on any atom is 0.267 e. The second-order valence-corrected chi connectivity index (χ2v) is 4.68. The number of amides is 1. The summed E-state index contributed by atoms with van der Waals surface area (Å²) >= 11 is 0. The van der Waals surface area contributed by atoms with Crippen molar-refractivity contribution < 1.29 is 9.90 Å². The molecule has 21 heavy (non-hydrogen) atoms. The van der Waals surface area contributed by atoms with Crippen molar-refractivity contribution in [3.63, 3.8) is 0 Å². The number of carbonyl (C=O) groups is 1. The zero-order valence-electron chi connectivity index (χ0n) is 11.7. The number of aromatic nitrogens is 2. The number of hydrogen-bond donors (Lipinski definition) is 2. The third-order valence-electron chi connectivity index (χ3n) is 3.01. The van der Waals surface area contributed by atoms with Crippen LogP contribution in [0.4, 0.5) is 0 Å². The van der Waals surface area contributed by atoms with E-state index >= 15 is 0 Å². The summed E-state index contributed by atoms with van der Waals surface area (Å²) in [5, 5.41) is 16.1. The minimum absolute atomic E-state index is 0.177. The number of benzene rings is 1. The van der Waals surface area contributed by atoms with Crippen molar-refractivity contribution in [3.05, 3.63) is 64.1 Å². The number of aryl methyl sites for hydroxylation is 1. The first-order chi connectivity index (χ1) is 10.1. The molecule has 0 saturated heterocycles. The van der Waals surface area contributed by atoms with Gasteiger partial charge >= 0.3 is 0 Å². The molecule has 0 radical (unpaired) electrons. The highest BCUT2D eigenvalue weighted by Gasteiger charge is 2.14. The van der Waals surface area contributed by atoms with Gasteiger partial charge in [-0.1, -0.05) is 30.3 Å². The topological polar surface area (TPSA) is 84.2 Å². The highest BCUT2D eigenvalue weighted by Crippen LogP contribution is 2.11. The van der Waals surface area contributed by atoms with Gasteiger partial charge in [0.1, 0.15) is 6.54 Å². The van der Waals surface area contributed by atoms with Gasteiger partial charge in [0.15, 0.2) is 0 Å². The third-order valence-corrected chi connectivity index (χ3v) is 3.01. The van der Waals surface area contributed by atoms with Crippen LogP contribution >= 0.6 is 0 Å². The molecule has 1 heterocycles. The van der Waals surface area contributed by atoms with Crippen LogP contribution in [0.3, 0.4) is 0 Å². The molecule has 2 rings (SSSR count). The van der Waals surface area contributed by atoms with Gasteiger partial charge in [-0.2, -0.15) is 5.10 Å². The number of nitrogens with one attached hydrogen (secondary N) is 1. The monoisotopic (exact) mass is 287 g/mol. The molecular formula is C15H17N3O3. The summed E-state index contributed by atoms with van der Waals surface area (Å²) in [6, 6.07) is 11.6. The van der Waals surface area contributed by atoms with Crippen LogP contribution in [-0.2, 0) is 11.3 Å². The van der Waals surface area contributed by atoms with Gasteiger partial charge in [-0.05, 0) is 18.6 Å². The SMILES string of the molecule is Cc1ccc(=O)n(CC(=O)N[C@H](CO)c2ccccc2)n1. The molecule has 1 aromatic heterocycles. The molecule has 2 N–H and O–H groups in total. The average molecular weight is 287 g/mol. The van der Waals surface area contributed by atoms with Crippen LogP contribution in [0.25, 0.3) is 0 Å². The zero-order valence-corrected chi connectivity index (χ0v) is 11.7. The Morgan fingerprint density at radius 3 is 2.67 bits per heavy atom. The van der Waals surface area contributed by atoms with Crippen molar-refractivity contribution in [1.29, 1.82) is 0 Å². The van der Waals surface area contributed by atoms with Crippen molar-refractivity contribution in [1.82, 2.24) is 15.1 Å². The van der Waals surface area contributed by atoms with E-state index in [9.17, 15) is 14.7 Å². The van der Waals surface area contributed by atoms with Gasteiger partial charge < -0.3 is 10.4 Å². The Kier molecular flexibility index (Phi) is 4.84.